The van der Waals surface area contributed by atoms with Gasteiger partial charge in [-0.25, -0.2) is 0 Å². The summed E-state index contributed by atoms with van der Waals surface area (Å²) in [6.07, 6.45) is -0.377. The van der Waals surface area contributed by atoms with Gasteiger partial charge in [-0.1, -0.05) is 38.5 Å². The first-order valence-corrected chi connectivity index (χ1v) is 5.94. The van der Waals surface area contributed by atoms with Crippen LogP contribution in [0.25, 0.3) is 0 Å². The highest BCUT2D eigenvalue weighted by molar-refractivity contribution is 5.26. The number of hydrogen-bond acceptors (Lipinski definition) is 3. The number of aliphatic hydroxyl groups is 1. The zero-order valence-electron chi connectivity index (χ0n) is 11.1. The Morgan fingerprint density at radius 2 is 1.76 bits per heavy atom. The molecule has 1 aromatic rings. The second-order valence-electron chi connectivity index (χ2n) is 5.54. The van der Waals surface area contributed by atoms with Crippen LogP contribution in [-0.4, -0.2) is 23.9 Å². The van der Waals surface area contributed by atoms with Gasteiger partial charge in [0.1, 0.15) is 11.9 Å². The highest BCUT2D eigenvalue weighted by Gasteiger charge is 2.30. The van der Waals surface area contributed by atoms with Crippen molar-refractivity contribution in [2.75, 3.05) is 6.61 Å². The molecule has 2 atom stereocenters. The van der Waals surface area contributed by atoms with Gasteiger partial charge in [0, 0.05) is 6.04 Å². The SMILES string of the molecule is Cc1ccc(OC(CO)C(N)C(C)(C)C)cc1. The summed E-state index contributed by atoms with van der Waals surface area (Å²) in [5.41, 5.74) is 7.18. The summed E-state index contributed by atoms with van der Waals surface area (Å²) in [6, 6.07) is 7.54. The fourth-order valence-electron chi connectivity index (χ4n) is 1.57. The molecule has 17 heavy (non-hydrogen) atoms. The lowest BCUT2D eigenvalue weighted by Crippen LogP contribution is -2.49. The van der Waals surface area contributed by atoms with Crippen LogP contribution in [0.15, 0.2) is 24.3 Å². The topological polar surface area (TPSA) is 55.5 Å². The molecule has 0 radical (unpaired) electrons. The third kappa shape index (κ3) is 4.02. The van der Waals surface area contributed by atoms with E-state index in [9.17, 15) is 5.11 Å². The number of hydrogen-bond donors (Lipinski definition) is 2. The number of ether oxygens (including phenoxy) is 1. The van der Waals surface area contributed by atoms with Crippen molar-refractivity contribution in [3.05, 3.63) is 29.8 Å². The molecule has 0 saturated heterocycles. The molecular formula is C14H23NO2. The minimum Gasteiger partial charge on any atom is -0.486 e. The third-order valence-electron chi connectivity index (χ3n) is 2.89. The molecule has 3 heteroatoms. The number of rotatable bonds is 4. The normalized spacial score (nSPS) is 15.4. The van der Waals surface area contributed by atoms with Gasteiger partial charge in [-0.05, 0) is 24.5 Å². The van der Waals surface area contributed by atoms with Crippen molar-refractivity contribution in [3.63, 3.8) is 0 Å². The maximum absolute atomic E-state index is 9.37. The summed E-state index contributed by atoms with van der Waals surface area (Å²) in [6.45, 7) is 8.07. The van der Waals surface area contributed by atoms with E-state index in [1.165, 1.54) is 5.56 Å². The summed E-state index contributed by atoms with van der Waals surface area (Å²) in [7, 11) is 0. The predicted octanol–water partition coefficient (Wildman–Crippen LogP) is 2.11. The molecule has 0 fully saturated rings. The van der Waals surface area contributed by atoms with Crippen molar-refractivity contribution in [3.8, 4) is 5.75 Å². The Kier molecular flexibility index (Phi) is 4.54. The molecule has 0 aliphatic rings. The second-order valence-corrected chi connectivity index (χ2v) is 5.54. The first-order valence-electron chi connectivity index (χ1n) is 5.94. The summed E-state index contributed by atoms with van der Waals surface area (Å²) < 4.78 is 5.73. The van der Waals surface area contributed by atoms with Crippen LogP contribution in [0.1, 0.15) is 26.3 Å². The van der Waals surface area contributed by atoms with E-state index in [-0.39, 0.29) is 24.2 Å². The van der Waals surface area contributed by atoms with Crippen LogP contribution in [0.5, 0.6) is 5.75 Å². The van der Waals surface area contributed by atoms with E-state index in [0.29, 0.717) is 0 Å². The van der Waals surface area contributed by atoms with Gasteiger partial charge in [0.15, 0.2) is 0 Å². The van der Waals surface area contributed by atoms with Crippen molar-refractivity contribution in [2.45, 2.75) is 39.8 Å². The molecule has 1 aromatic carbocycles. The summed E-state index contributed by atoms with van der Waals surface area (Å²) in [5, 5.41) is 9.37. The highest BCUT2D eigenvalue weighted by atomic mass is 16.5. The van der Waals surface area contributed by atoms with Crippen LogP contribution in [0, 0.1) is 12.3 Å². The lowest BCUT2D eigenvalue weighted by atomic mass is 9.84. The Hall–Kier alpha value is -1.06. The molecule has 3 N–H and O–H groups in total. The highest BCUT2D eigenvalue weighted by Crippen LogP contribution is 2.23. The van der Waals surface area contributed by atoms with Crippen LogP contribution < -0.4 is 10.5 Å². The maximum atomic E-state index is 9.37. The molecule has 0 aliphatic carbocycles. The van der Waals surface area contributed by atoms with Crippen molar-refractivity contribution in [1.82, 2.24) is 0 Å². The van der Waals surface area contributed by atoms with E-state index < -0.39 is 0 Å². The molecule has 0 bridgehead atoms. The molecule has 3 nitrogen and oxygen atoms in total. The number of benzene rings is 1. The summed E-state index contributed by atoms with van der Waals surface area (Å²) in [4.78, 5) is 0. The number of aliphatic hydroxyl groups excluding tert-OH is 1. The summed E-state index contributed by atoms with van der Waals surface area (Å²) in [5.74, 6) is 0.745. The van der Waals surface area contributed by atoms with Gasteiger partial charge in [-0.3, -0.25) is 0 Å². The Bertz CT molecular complexity index is 340. The average molecular weight is 237 g/mol. The van der Waals surface area contributed by atoms with Gasteiger partial charge in [-0.2, -0.15) is 0 Å². The fraction of sp³-hybridized carbons (Fsp3) is 0.571. The Labute approximate surface area is 104 Å². The predicted molar refractivity (Wildman–Crippen MR) is 70.1 cm³/mol. The minimum atomic E-state index is -0.377. The average Bonchev–Trinajstić information content (AvgIpc) is 2.26. The Morgan fingerprint density at radius 1 is 1.24 bits per heavy atom. The van der Waals surface area contributed by atoms with Crippen LogP contribution in [-0.2, 0) is 0 Å². The van der Waals surface area contributed by atoms with E-state index in [1.54, 1.807) is 0 Å². The van der Waals surface area contributed by atoms with Crippen LogP contribution >= 0.6 is 0 Å². The van der Waals surface area contributed by atoms with Crippen molar-refractivity contribution >= 4 is 0 Å². The maximum Gasteiger partial charge on any atom is 0.137 e. The summed E-state index contributed by atoms with van der Waals surface area (Å²) >= 11 is 0. The lowest BCUT2D eigenvalue weighted by molar-refractivity contribution is 0.0592. The smallest absolute Gasteiger partial charge is 0.137 e. The van der Waals surface area contributed by atoms with E-state index in [1.807, 2.05) is 52.0 Å². The van der Waals surface area contributed by atoms with E-state index in [4.69, 9.17) is 10.5 Å². The van der Waals surface area contributed by atoms with Gasteiger partial charge in [0.2, 0.25) is 0 Å². The standard InChI is InChI=1S/C14H23NO2/c1-10-5-7-11(8-6-10)17-12(9-16)13(15)14(2,3)4/h5-8,12-13,16H,9,15H2,1-4H3. The minimum absolute atomic E-state index is 0.0771. The Morgan fingerprint density at radius 3 is 2.18 bits per heavy atom. The quantitative estimate of drug-likeness (QED) is 0.843. The molecule has 96 valence electrons. The van der Waals surface area contributed by atoms with Gasteiger partial charge < -0.3 is 15.6 Å². The first-order chi connectivity index (χ1) is 7.84. The van der Waals surface area contributed by atoms with E-state index >= 15 is 0 Å². The van der Waals surface area contributed by atoms with Crippen LogP contribution in [0.3, 0.4) is 0 Å². The third-order valence-corrected chi connectivity index (χ3v) is 2.89. The molecule has 0 amide bonds. The zero-order chi connectivity index (χ0) is 13.1. The molecular weight excluding hydrogens is 214 g/mol. The van der Waals surface area contributed by atoms with E-state index in [2.05, 4.69) is 0 Å². The van der Waals surface area contributed by atoms with Gasteiger partial charge >= 0.3 is 0 Å². The number of nitrogens with two attached hydrogens (primary N) is 1. The fourth-order valence-corrected chi connectivity index (χ4v) is 1.57. The largest absolute Gasteiger partial charge is 0.486 e. The van der Waals surface area contributed by atoms with Crippen molar-refractivity contribution in [1.29, 1.82) is 0 Å². The van der Waals surface area contributed by atoms with Gasteiger partial charge in [-0.15, -0.1) is 0 Å². The van der Waals surface area contributed by atoms with Gasteiger partial charge in [0.25, 0.3) is 0 Å². The van der Waals surface area contributed by atoms with Crippen LogP contribution in [0.2, 0.25) is 0 Å². The molecule has 2 unspecified atom stereocenters. The Balaban J connectivity index is 2.73. The van der Waals surface area contributed by atoms with E-state index in [0.717, 1.165) is 5.75 Å². The van der Waals surface area contributed by atoms with Gasteiger partial charge in [0.05, 0.1) is 6.61 Å². The zero-order valence-corrected chi connectivity index (χ0v) is 11.1. The molecule has 0 aromatic heterocycles. The van der Waals surface area contributed by atoms with Crippen LogP contribution in [0.4, 0.5) is 0 Å². The molecule has 0 spiro atoms. The molecule has 0 saturated carbocycles. The second kappa shape index (κ2) is 5.52. The van der Waals surface area contributed by atoms with Crippen molar-refractivity contribution < 1.29 is 9.84 Å². The molecule has 1 rings (SSSR count). The molecule has 0 heterocycles. The van der Waals surface area contributed by atoms with Crippen molar-refractivity contribution in [2.24, 2.45) is 11.1 Å². The monoisotopic (exact) mass is 237 g/mol. The molecule has 0 aliphatic heterocycles. The first kappa shape index (κ1) is 14.0. The lowest BCUT2D eigenvalue weighted by Gasteiger charge is -2.33. The number of aryl methyl sites for hydroxylation is 1.